The van der Waals surface area contributed by atoms with Crippen molar-refractivity contribution in [2.45, 2.75) is 40.8 Å². The highest BCUT2D eigenvalue weighted by molar-refractivity contribution is 7.11. The fourth-order valence-corrected chi connectivity index (χ4v) is 3.56. The lowest BCUT2D eigenvalue weighted by atomic mass is 10.4. The van der Waals surface area contributed by atoms with E-state index in [0.29, 0.717) is 6.54 Å². The Balaban J connectivity index is 1.70. The van der Waals surface area contributed by atoms with Gasteiger partial charge in [0, 0.05) is 23.3 Å². The molecule has 0 radical (unpaired) electrons. The second-order valence-corrected chi connectivity index (χ2v) is 7.21. The van der Waals surface area contributed by atoms with E-state index >= 15 is 0 Å². The first kappa shape index (κ1) is 17.4. The van der Waals surface area contributed by atoms with Gasteiger partial charge in [0.2, 0.25) is 0 Å². The molecule has 0 unspecified atom stereocenters. The molecule has 3 aromatic rings. The summed E-state index contributed by atoms with van der Waals surface area (Å²) in [5.74, 6) is 0.793. The molecule has 0 spiro atoms. The average molecular weight is 356 g/mol. The number of hydrogen-bond acceptors (Lipinski definition) is 4. The van der Waals surface area contributed by atoms with Gasteiger partial charge in [-0.15, -0.1) is 11.3 Å². The molecule has 0 amide bonds. The van der Waals surface area contributed by atoms with E-state index < -0.39 is 0 Å². The van der Waals surface area contributed by atoms with Crippen molar-refractivity contribution < 1.29 is 0 Å². The van der Waals surface area contributed by atoms with Gasteiger partial charge >= 0.3 is 0 Å². The number of hydrogen-bond donors (Lipinski definition) is 2. The van der Waals surface area contributed by atoms with Gasteiger partial charge in [0.25, 0.3) is 0 Å². The minimum Gasteiger partial charge on any atom is -0.357 e. The average Bonchev–Trinajstić information content (AvgIpc) is 3.13. The van der Waals surface area contributed by atoms with Crippen LogP contribution in [0, 0.1) is 20.8 Å². The van der Waals surface area contributed by atoms with E-state index in [1.54, 1.807) is 11.3 Å². The first-order valence-electron chi connectivity index (χ1n) is 8.45. The second kappa shape index (κ2) is 7.65. The number of nitrogens with zero attached hydrogens (tertiary/aromatic N) is 4. The number of fused-ring (bicyclic) bond motifs is 1. The summed E-state index contributed by atoms with van der Waals surface area (Å²) in [6.45, 7) is 10.3. The molecule has 132 valence electrons. The predicted octanol–water partition coefficient (Wildman–Crippen LogP) is 2.97. The van der Waals surface area contributed by atoms with Crippen LogP contribution in [-0.4, -0.2) is 26.9 Å². The Kier molecular flexibility index (Phi) is 5.33. The van der Waals surface area contributed by atoms with Crippen LogP contribution in [0.15, 0.2) is 29.4 Å². The van der Waals surface area contributed by atoms with E-state index in [9.17, 15) is 0 Å². The Bertz CT molecular complexity index is 892. The van der Waals surface area contributed by atoms with Crippen molar-refractivity contribution in [1.29, 1.82) is 0 Å². The molecule has 0 aliphatic heterocycles. The molecule has 6 nitrogen and oxygen atoms in total. The van der Waals surface area contributed by atoms with Gasteiger partial charge in [-0.2, -0.15) is 0 Å². The summed E-state index contributed by atoms with van der Waals surface area (Å²) < 4.78 is 2.09. The summed E-state index contributed by atoms with van der Waals surface area (Å²) in [5, 5.41) is 7.76. The predicted molar refractivity (Wildman–Crippen MR) is 103 cm³/mol. The fourth-order valence-electron chi connectivity index (χ4n) is 2.68. The van der Waals surface area contributed by atoms with Crippen molar-refractivity contribution >= 4 is 22.9 Å². The van der Waals surface area contributed by atoms with Gasteiger partial charge in [-0.25, -0.2) is 15.0 Å². The van der Waals surface area contributed by atoms with Crippen LogP contribution >= 0.6 is 11.3 Å². The highest BCUT2D eigenvalue weighted by atomic mass is 32.1. The molecule has 0 aliphatic carbocycles. The smallest absolute Gasteiger partial charge is 0.191 e. The number of thiazole rings is 1. The lowest BCUT2D eigenvalue weighted by Crippen LogP contribution is -2.36. The lowest BCUT2D eigenvalue weighted by molar-refractivity contribution is 0.816. The first-order chi connectivity index (χ1) is 12.1. The Morgan fingerprint density at radius 1 is 1.20 bits per heavy atom. The van der Waals surface area contributed by atoms with E-state index in [0.717, 1.165) is 41.1 Å². The minimum atomic E-state index is 0.539. The normalized spacial score (nSPS) is 11.9. The Labute approximate surface area is 152 Å². The number of aliphatic imine (C=N–C) groups is 1. The number of rotatable bonds is 5. The van der Waals surface area contributed by atoms with E-state index in [-0.39, 0.29) is 0 Å². The molecular weight excluding hydrogens is 332 g/mol. The first-order valence-corrected chi connectivity index (χ1v) is 9.27. The van der Waals surface area contributed by atoms with E-state index in [2.05, 4.69) is 56.1 Å². The number of nitrogens with one attached hydrogen (secondary N) is 2. The van der Waals surface area contributed by atoms with Gasteiger partial charge in [0.15, 0.2) is 5.96 Å². The lowest BCUT2D eigenvalue weighted by Gasteiger charge is -2.10. The van der Waals surface area contributed by atoms with Crippen LogP contribution in [0.5, 0.6) is 0 Å². The third-order valence-corrected chi connectivity index (χ3v) is 4.98. The molecular formula is C18H24N6S. The number of guanidine groups is 1. The van der Waals surface area contributed by atoms with Gasteiger partial charge in [0.1, 0.15) is 5.65 Å². The SMILES string of the molecule is CCNC(=NCc1cn2c(C)cccc2n1)NCc1sc(C)nc1C. The second-order valence-electron chi connectivity index (χ2n) is 5.92. The zero-order chi connectivity index (χ0) is 17.8. The van der Waals surface area contributed by atoms with Crippen molar-refractivity contribution in [2.24, 2.45) is 4.99 Å². The topological polar surface area (TPSA) is 66.6 Å². The molecule has 3 heterocycles. The fraction of sp³-hybridized carbons (Fsp3) is 0.389. The Morgan fingerprint density at radius 2 is 2.04 bits per heavy atom. The van der Waals surface area contributed by atoms with Crippen molar-refractivity contribution in [3.63, 3.8) is 0 Å². The van der Waals surface area contributed by atoms with Gasteiger partial charge < -0.3 is 15.0 Å². The number of imidazole rings is 1. The third-order valence-electron chi connectivity index (χ3n) is 3.91. The molecule has 7 heteroatoms. The molecule has 0 fully saturated rings. The van der Waals surface area contributed by atoms with Gasteiger partial charge in [-0.3, -0.25) is 0 Å². The summed E-state index contributed by atoms with van der Waals surface area (Å²) in [5.41, 5.74) is 4.17. The molecule has 0 atom stereocenters. The monoisotopic (exact) mass is 356 g/mol. The Hall–Kier alpha value is -2.41. The summed E-state index contributed by atoms with van der Waals surface area (Å²) in [6.07, 6.45) is 2.05. The quantitative estimate of drug-likeness (QED) is 0.545. The van der Waals surface area contributed by atoms with Crippen LogP contribution in [0.25, 0.3) is 5.65 Å². The van der Waals surface area contributed by atoms with Crippen molar-refractivity contribution in [3.05, 3.63) is 51.4 Å². The highest BCUT2D eigenvalue weighted by Gasteiger charge is 2.07. The summed E-state index contributed by atoms with van der Waals surface area (Å²) in [6, 6.07) is 6.11. The van der Waals surface area contributed by atoms with E-state index in [4.69, 9.17) is 0 Å². The number of aromatic nitrogens is 3. The van der Waals surface area contributed by atoms with Crippen molar-refractivity contribution in [2.75, 3.05) is 6.54 Å². The van der Waals surface area contributed by atoms with Crippen molar-refractivity contribution in [3.8, 4) is 0 Å². The molecule has 2 N–H and O–H groups in total. The molecule has 0 bridgehead atoms. The highest BCUT2D eigenvalue weighted by Crippen LogP contribution is 2.16. The van der Waals surface area contributed by atoms with E-state index in [1.807, 2.05) is 26.0 Å². The number of pyridine rings is 1. The molecule has 0 saturated heterocycles. The molecule has 3 rings (SSSR count). The largest absolute Gasteiger partial charge is 0.357 e. The van der Waals surface area contributed by atoms with Crippen molar-refractivity contribution in [1.82, 2.24) is 25.0 Å². The van der Waals surface area contributed by atoms with Gasteiger partial charge in [0.05, 0.1) is 29.5 Å². The zero-order valence-corrected chi connectivity index (χ0v) is 15.9. The number of aryl methyl sites for hydroxylation is 3. The molecule has 0 aliphatic rings. The maximum absolute atomic E-state index is 4.66. The zero-order valence-electron chi connectivity index (χ0n) is 15.1. The molecule has 0 aromatic carbocycles. The van der Waals surface area contributed by atoms with Gasteiger partial charge in [-0.1, -0.05) is 6.07 Å². The summed E-state index contributed by atoms with van der Waals surface area (Å²) >= 11 is 1.72. The maximum Gasteiger partial charge on any atom is 0.191 e. The summed E-state index contributed by atoms with van der Waals surface area (Å²) in [7, 11) is 0. The summed E-state index contributed by atoms with van der Waals surface area (Å²) in [4.78, 5) is 15.0. The van der Waals surface area contributed by atoms with E-state index in [1.165, 1.54) is 10.6 Å². The third kappa shape index (κ3) is 4.17. The minimum absolute atomic E-state index is 0.539. The van der Waals surface area contributed by atoms with Crippen LogP contribution in [0.1, 0.15) is 33.9 Å². The van der Waals surface area contributed by atoms with Crippen LogP contribution in [0.2, 0.25) is 0 Å². The molecule has 0 saturated carbocycles. The standard InChI is InChI=1S/C18H24N6S/c1-5-19-18(21-10-16-13(3)22-14(4)25-16)20-9-15-11-24-12(2)7-6-8-17(24)23-15/h6-8,11H,5,9-10H2,1-4H3,(H2,19,20,21). The van der Waals surface area contributed by atoms with Crippen LogP contribution in [0.3, 0.4) is 0 Å². The molecule has 25 heavy (non-hydrogen) atoms. The van der Waals surface area contributed by atoms with Gasteiger partial charge in [-0.05, 0) is 39.8 Å². The van der Waals surface area contributed by atoms with Crippen LogP contribution < -0.4 is 10.6 Å². The van der Waals surface area contributed by atoms with Crippen LogP contribution in [-0.2, 0) is 13.1 Å². The maximum atomic E-state index is 4.66. The van der Waals surface area contributed by atoms with Crippen LogP contribution in [0.4, 0.5) is 0 Å². The molecule has 3 aromatic heterocycles. The Morgan fingerprint density at radius 3 is 2.72 bits per heavy atom.